The Hall–Kier alpha value is -1.17. The second-order valence-electron chi connectivity index (χ2n) is 3.42. The van der Waals surface area contributed by atoms with E-state index in [2.05, 4.69) is 4.98 Å². The van der Waals surface area contributed by atoms with E-state index in [1.165, 1.54) is 0 Å². The van der Waals surface area contributed by atoms with Crippen molar-refractivity contribution in [3.8, 4) is 0 Å². The number of carbonyl (C=O) groups excluding carboxylic acids is 1. The van der Waals surface area contributed by atoms with Crippen LogP contribution in [0.3, 0.4) is 0 Å². The van der Waals surface area contributed by atoms with E-state index in [0.29, 0.717) is 18.4 Å². The molecule has 0 spiro atoms. The molecular formula is C10H14N2O3S. The van der Waals surface area contributed by atoms with Crippen molar-refractivity contribution in [2.75, 3.05) is 29.7 Å². The Kier molecular flexibility index (Phi) is 3.38. The summed E-state index contributed by atoms with van der Waals surface area (Å²) < 4.78 is 10.4. The Morgan fingerprint density at radius 3 is 3.12 bits per heavy atom. The lowest BCUT2D eigenvalue weighted by molar-refractivity contribution is 0.0518. The van der Waals surface area contributed by atoms with Crippen LogP contribution in [0.25, 0.3) is 0 Å². The molecule has 0 N–H and O–H groups in total. The third-order valence-corrected chi connectivity index (χ3v) is 3.24. The minimum Gasteiger partial charge on any atom is -0.461 e. The molecule has 2 rings (SSSR count). The molecular weight excluding hydrogens is 228 g/mol. The van der Waals surface area contributed by atoms with Gasteiger partial charge in [-0.1, -0.05) is 0 Å². The zero-order chi connectivity index (χ0) is 11.5. The number of oxazole rings is 1. The molecule has 0 saturated carbocycles. The third-order valence-electron chi connectivity index (χ3n) is 2.28. The van der Waals surface area contributed by atoms with Crippen molar-refractivity contribution in [2.24, 2.45) is 0 Å². The second-order valence-corrected chi connectivity index (χ2v) is 4.50. The molecule has 0 atom stereocenters. The molecule has 0 bridgehead atoms. The summed E-state index contributed by atoms with van der Waals surface area (Å²) in [5.74, 6) is 2.03. The first-order valence-corrected chi connectivity index (χ1v) is 6.35. The van der Waals surface area contributed by atoms with E-state index >= 15 is 0 Å². The van der Waals surface area contributed by atoms with Gasteiger partial charge in [-0.05, 0) is 13.8 Å². The lowest BCUT2D eigenvalue weighted by Crippen LogP contribution is -2.18. The molecule has 1 aliphatic heterocycles. The minimum absolute atomic E-state index is 0.286. The van der Waals surface area contributed by atoms with Gasteiger partial charge in [-0.3, -0.25) is 0 Å². The third kappa shape index (κ3) is 2.16. The standard InChI is InChI=1S/C10H14N2O3S/c1-3-14-9(13)8-7(2)15-10(11-8)12-4-5-16-6-12/h3-6H2,1-2H3. The molecule has 5 nitrogen and oxygen atoms in total. The summed E-state index contributed by atoms with van der Waals surface area (Å²) in [6, 6.07) is 0.519. The van der Waals surface area contributed by atoms with Gasteiger partial charge >= 0.3 is 5.97 Å². The number of carbonyl (C=O) groups is 1. The summed E-state index contributed by atoms with van der Waals surface area (Å²) >= 11 is 1.82. The molecule has 0 aliphatic carbocycles. The van der Waals surface area contributed by atoms with Crippen LogP contribution in [-0.4, -0.2) is 35.7 Å². The Labute approximate surface area is 98.2 Å². The van der Waals surface area contributed by atoms with Gasteiger partial charge in [0.05, 0.1) is 12.5 Å². The topological polar surface area (TPSA) is 55.6 Å². The molecule has 1 aliphatic rings. The van der Waals surface area contributed by atoms with Gasteiger partial charge in [0, 0.05) is 12.3 Å². The lowest BCUT2D eigenvalue weighted by Gasteiger charge is -2.09. The number of ether oxygens (including phenoxy) is 1. The molecule has 1 aromatic heterocycles. The molecule has 0 unspecified atom stereocenters. The SMILES string of the molecule is CCOC(=O)c1nc(N2CCSC2)oc1C. The van der Waals surface area contributed by atoms with Gasteiger partial charge in [-0.2, -0.15) is 4.98 Å². The van der Waals surface area contributed by atoms with Crippen LogP contribution >= 0.6 is 11.8 Å². The number of thioether (sulfide) groups is 1. The molecule has 2 heterocycles. The van der Waals surface area contributed by atoms with Crippen LogP contribution in [0.2, 0.25) is 0 Å². The first kappa shape index (κ1) is 11.3. The zero-order valence-corrected chi connectivity index (χ0v) is 10.2. The van der Waals surface area contributed by atoms with Crippen molar-refractivity contribution in [2.45, 2.75) is 13.8 Å². The van der Waals surface area contributed by atoms with Crippen molar-refractivity contribution in [1.29, 1.82) is 0 Å². The maximum absolute atomic E-state index is 11.5. The highest BCUT2D eigenvalue weighted by Gasteiger charge is 2.23. The highest BCUT2D eigenvalue weighted by atomic mass is 32.2. The summed E-state index contributed by atoms with van der Waals surface area (Å²) in [7, 11) is 0. The van der Waals surface area contributed by atoms with E-state index in [1.54, 1.807) is 13.8 Å². The van der Waals surface area contributed by atoms with Gasteiger partial charge in [0.15, 0.2) is 5.69 Å². The van der Waals surface area contributed by atoms with Crippen LogP contribution in [0.15, 0.2) is 4.42 Å². The van der Waals surface area contributed by atoms with E-state index in [9.17, 15) is 4.79 Å². The van der Waals surface area contributed by atoms with Gasteiger partial charge in [0.2, 0.25) is 0 Å². The van der Waals surface area contributed by atoms with E-state index in [1.807, 2.05) is 16.7 Å². The molecule has 1 aromatic rings. The maximum Gasteiger partial charge on any atom is 0.360 e. The van der Waals surface area contributed by atoms with Gasteiger partial charge in [-0.15, -0.1) is 11.8 Å². The number of esters is 1. The molecule has 0 aromatic carbocycles. The summed E-state index contributed by atoms with van der Waals surface area (Å²) in [5, 5.41) is 0. The molecule has 0 radical (unpaired) electrons. The van der Waals surface area contributed by atoms with Gasteiger partial charge in [-0.25, -0.2) is 4.79 Å². The molecule has 0 amide bonds. The van der Waals surface area contributed by atoms with Crippen molar-refractivity contribution >= 4 is 23.7 Å². The summed E-state index contributed by atoms with van der Waals surface area (Å²) in [6.07, 6.45) is 0. The van der Waals surface area contributed by atoms with Crippen LogP contribution in [0.4, 0.5) is 6.01 Å². The first-order chi connectivity index (χ1) is 7.72. The number of hydrogen-bond donors (Lipinski definition) is 0. The molecule has 88 valence electrons. The molecule has 1 fully saturated rings. The summed E-state index contributed by atoms with van der Waals surface area (Å²) in [6.45, 7) is 4.75. The average Bonchev–Trinajstić information content (AvgIpc) is 2.86. The van der Waals surface area contributed by atoms with Gasteiger partial charge in [0.1, 0.15) is 5.76 Å². The number of rotatable bonds is 3. The fourth-order valence-electron chi connectivity index (χ4n) is 1.47. The number of aryl methyl sites for hydroxylation is 1. The highest BCUT2D eigenvalue weighted by molar-refractivity contribution is 7.99. The number of hydrogen-bond acceptors (Lipinski definition) is 6. The fourth-order valence-corrected chi connectivity index (χ4v) is 2.41. The predicted molar refractivity (Wildman–Crippen MR) is 61.9 cm³/mol. The lowest BCUT2D eigenvalue weighted by atomic mass is 10.4. The van der Waals surface area contributed by atoms with Gasteiger partial charge in [0.25, 0.3) is 6.01 Å². The van der Waals surface area contributed by atoms with Crippen molar-refractivity contribution in [1.82, 2.24) is 4.98 Å². The normalized spacial score (nSPS) is 15.5. The van der Waals surface area contributed by atoms with Crippen LogP contribution in [0.1, 0.15) is 23.2 Å². The van der Waals surface area contributed by atoms with E-state index in [4.69, 9.17) is 9.15 Å². The maximum atomic E-state index is 11.5. The highest BCUT2D eigenvalue weighted by Crippen LogP contribution is 2.24. The number of aromatic nitrogens is 1. The Morgan fingerprint density at radius 2 is 2.50 bits per heavy atom. The fraction of sp³-hybridized carbons (Fsp3) is 0.600. The molecule has 16 heavy (non-hydrogen) atoms. The van der Waals surface area contributed by atoms with E-state index in [0.717, 1.165) is 18.2 Å². The quantitative estimate of drug-likeness (QED) is 0.751. The van der Waals surface area contributed by atoms with Crippen LogP contribution < -0.4 is 4.90 Å². The van der Waals surface area contributed by atoms with Gasteiger partial charge < -0.3 is 14.1 Å². The van der Waals surface area contributed by atoms with E-state index < -0.39 is 5.97 Å². The van der Waals surface area contributed by atoms with Crippen molar-refractivity contribution < 1.29 is 13.9 Å². The molecule has 1 saturated heterocycles. The molecule has 6 heteroatoms. The smallest absolute Gasteiger partial charge is 0.360 e. The monoisotopic (exact) mass is 242 g/mol. The van der Waals surface area contributed by atoms with E-state index in [-0.39, 0.29) is 5.69 Å². The Bertz CT molecular complexity index is 385. The summed E-state index contributed by atoms with van der Waals surface area (Å²) in [5.41, 5.74) is 0.286. The largest absolute Gasteiger partial charge is 0.461 e. The van der Waals surface area contributed by atoms with Crippen LogP contribution in [0, 0.1) is 6.92 Å². The van der Waals surface area contributed by atoms with Crippen LogP contribution in [-0.2, 0) is 4.74 Å². The number of anilines is 1. The second kappa shape index (κ2) is 4.78. The first-order valence-electron chi connectivity index (χ1n) is 5.19. The minimum atomic E-state index is -0.415. The Morgan fingerprint density at radius 1 is 1.69 bits per heavy atom. The Balaban J connectivity index is 2.17. The number of nitrogens with zero attached hydrogens (tertiary/aromatic N) is 2. The summed E-state index contributed by atoms with van der Waals surface area (Å²) in [4.78, 5) is 17.7. The van der Waals surface area contributed by atoms with Crippen molar-refractivity contribution in [3.63, 3.8) is 0 Å². The zero-order valence-electron chi connectivity index (χ0n) is 9.36. The van der Waals surface area contributed by atoms with Crippen LogP contribution in [0.5, 0.6) is 0 Å². The van der Waals surface area contributed by atoms with Crippen molar-refractivity contribution in [3.05, 3.63) is 11.5 Å². The average molecular weight is 242 g/mol. The predicted octanol–water partition coefficient (Wildman–Crippen LogP) is 1.67.